The normalized spacial score (nSPS) is 16.5. The van der Waals surface area contributed by atoms with E-state index in [2.05, 4.69) is 15.3 Å². The standard InChI is InChI=1S/C14H23N3O/c1-9(2)13(18)8-15-14-11-6-4-5-7-12(11)16-10(3)17-14/h9,13,18H,4-8H2,1-3H3,(H,15,16,17). The number of rotatable bonds is 4. The second-order valence-corrected chi connectivity index (χ2v) is 5.44. The number of fused-ring (bicyclic) bond motifs is 1. The molecule has 2 N–H and O–H groups in total. The highest BCUT2D eigenvalue weighted by Gasteiger charge is 2.17. The summed E-state index contributed by atoms with van der Waals surface area (Å²) in [5.41, 5.74) is 2.44. The van der Waals surface area contributed by atoms with Gasteiger partial charge in [-0.2, -0.15) is 0 Å². The number of hydrogen-bond acceptors (Lipinski definition) is 4. The van der Waals surface area contributed by atoms with Crippen LogP contribution < -0.4 is 5.32 Å². The van der Waals surface area contributed by atoms with E-state index in [9.17, 15) is 5.11 Å². The Labute approximate surface area is 109 Å². The number of nitrogens with one attached hydrogen (secondary N) is 1. The molecule has 0 amide bonds. The molecule has 18 heavy (non-hydrogen) atoms. The fourth-order valence-electron chi connectivity index (χ4n) is 2.30. The molecule has 0 spiro atoms. The van der Waals surface area contributed by atoms with Crippen LogP contribution in [0, 0.1) is 12.8 Å². The van der Waals surface area contributed by atoms with Gasteiger partial charge in [0.15, 0.2) is 0 Å². The lowest BCUT2D eigenvalue weighted by Gasteiger charge is -2.21. The summed E-state index contributed by atoms with van der Waals surface area (Å²) in [6, 6.07) is 0. The second kappa shape index (κ2) is 5.65. The lowest BCUT2D eigenvalue weighted by Crippen LogP contribution is -2.26. The van der Waals surface area contributed by atoms with Crippen molar-refractivity contribution in [1.82, 2.24) is 9.97 Å². The largest absolute Gasteiger partial charge is 0.391 e. The molecule has 0 saturated carbocycles. The topological polar surface area (TPSA) is 58.0 Å². The van der Waals surface area contributed by atoms with Gasteiger partial charge in [0.05, 0.1) is 6.10 Å². The Morgan fingerprint density at radius 3 is 2.67 bits per heavy atom. The van der Waals surface area contributed by atoms with Crippen molar-refractivity contribution in [3.05, 3.63) is 17.1 Å². The van der Waals surface area contributed by atoms with E-state index in [0.717, 1.165) is 24.5 Å². The zero-order chi connectivity index (χ0) is 13.1. The van der Waals surface area contributed by atoms with E-state index in [4.69, 9.17) is 0 Å². The molecule has 0 fully saturated rings. The maximum Gasteiger partial charge on any atom is 0.133 e. The summed E-state index contributed by atoms with van der Waals surface area (Å²) >= 11 is 0. The van der Waals surface area contributed by atoms with Crippen molar-refractivity contribution >= 4 is 5.82 Å². The first-order valence-electron chi connectivity index (χ1n) is 6.86. The first kappa shape index (κ1) is 13.3. The maximum atomic E-state index is 9.86. The molecule has 1 unspecified atom stereocenters. The minimum atomic E-state index is -0.334. The smallest absolute Gasteiger partial charge is 0.133 e. The summed E-state index contributed by atoms with van der Waals surface area (Å²) in [6.07, 6.45) is 4.20. The molecular formula is C14H23N3O. The third kappa shape index (κ3) is 2.99. The van der Waals surface area contributed by atoms with Crippen molar-refractivity contribution in [2.75, 3.05) is 11.9 Å². The maximum absolute atomic E-state index is 9.86. The molecule has 4 nitrogen and oxygen atoms in total. The van der Waals surface area contributed by atoms with Gasteiger partial charge in [0, 0.05) is 17.8 Å². The van der Waals surface area contributed by atoms with E-state index in [1.807, 2.05) is 20.8 Å². The molecule has 1 aromatic heterocycles. The second-order valence-electron chi connectivity index (χ2n) is 5.44. The molecule has 1 heterocycles. The SMILES string of the molecule is Cc1nc2c(c(NCC(O)C(C)C)n1)CCCC2. The number of anilines is 1. The molecule has 0 aliphatic heterocycles. The molecule has 1 aromatic rings. The van der Waals surface area contributed by atoms with Gasteiger partial charge in [0.25, 0.3) is 0 Å². The van der Waals surface area contributed by atoms with Gasteiger partial charge in [-0.05, 0) is 38.5 Å². The number of aromatic nitrogens is 2. The lowest BCUT2D eigenvalue weighted by molar-refractivity contribution is 0.138. The van der Waals surface area contributed by atoms with Gasteiger partial charge in [-0.1, -0.05) is 13.8 Å². The third-order valence-corrected chi connectivity index (χ3v) is 3.54. The number of aliphatic hydroxyl groups is 1. The van der Waals surface area contributed by atoms with E-state index in [0.29, 0.717) is 6.54 Å². The predicted octanol–water partition coefficient (Wildman–Crippen LogP) is 2.09. The zero-order valence-corrected chi connectivity index (χ0v) is 11.5. The Kier molecular flexibility index (Phi) is 4.17. The van der Waals surface area contributed by atoms with E-state index < -0.39 is 0 Å². The van der Waals surface area contributed by atoms with Crippen molar-refractivity contribution in [3.63, 3.8) is 0 Å². The fourth-order valence-corrected chi connectivity index (χ4v) is 2.30. The molecule has 4 heteroatoms. The molecule has 100 valence electrons. The predicted molar refractivity (Wildman–Crippen MR) is 72.7 cm³/mol. The third-order valence-electron chi connectivity index (χ3n) is 3.54. The van der Waals surface area contributed by atoms with Crippen LogP contribution in [0.2, 0.25) is 0 Å². The monoisotopic (exact) mass is 249 g/mol. The van der Waals surface area contributed by atoms with E-state index in [1.165, 1.54) is 24.1 Å². The highest BCUT2D eigenvalue weighted by atomic mass is 16.3. The summed E-state index contributed by atoms with van der Waals surface area (Å²) in [4.78, 5) is 9.01. The van der Waals surface area contributed by atoms with Crippen LogP contribution in [0.5, 0.6) is 0 Å². The summed E-state index contributed by atoms with van der Waals surface area (Å²) in [5, 5.41) is 13.1. The number of hydrogen-bond donors (Lipinski definition) is 2. The van der Waals surface area contributed by atoms with Crippen molar-refractivity contribution in [2.45, 2.75) is 52.6 Å². The van der Waals surface area contributed by atoms with Crippen molar-refractivity contribution in [1.29, 1.82) is 0 Å². The molecule has 1 aliphatic carbocycles. The summed E-state index contributed by atoms with van der Waals surface area (Å²) in [5.74, 6) is 2.00. The molecule has 0 bridgehead atoms. The zero-order valence-electron chi connectivity index (χ0n) is 11.5. The van der Waals surface area contributed by atoms with Crippen LogP contribution in [-0.2, 0) is 12.8 Å². The lowest BCUT2D eigenvalue weighted by atomic mass is 9.96. The molecule has 0 radical (unpaired) electrons. The quantitative estimate of drug-likeness (QED) is 0.858. The van der Waals surface area contributed by atoms with Crippen LogP contribution in [-0.4, -0.2) is 27.7 Å². The van der Waals surface area contributed by atoms with Gasteiger partial charge < -0.3 is 10.4 Å². The van der Waals surface area contributed by atoms with Crippen LogP contribution in [0.4, 0.5) is 5.82 Å². The Balaban J connectivity index is 2.14. The van der Waals surface area contributed by atoms with E-state index >= 15 is 0 Å². The summed E-state index contributed by atoms with van der Waals surface area (Å²) in [7, 11) is 0. The van der Waals surface area contributed by atoms with Crippen LogP contribution in [0.25, 0.3) is 0 Å². The summed E-state index contributed by atoms with van der Waals surface area (Å²) in [6.45, 7) is 6.53. The molecule has 0 aromatic carbocycles. The molecule has 1 aliphatic rings. The molecule has 2 rings (SSSR count). The van der Waals surface area contributed by atoms with Crippen LogP contribution in [0.15, 0.2) is 0 Å². The van der Waals surface area contributed by atoms with Crippen molar-refractivity contribution in [2.24, 2.45) is 5.92 Å². The Hall–Kier alpha value is -1.16. The first-order valence-corrected chi connectivity index (χ1v) is 6.86. The van der Waals surface area contributed by atoms with E-state index in [1.54, 1.807) is 0 Å². The highest BCUT2D eigenvalue weighted by molar-refractivity contribution is 5.47. The molecule has 1 atom stereocenters. The van der Waals surface area contributed by atoms with Crippen LogP contribution >= 0.6 is 0 Å². The minimum absolute atomic E-state index is 0.260. The van der Waals surface area contributed by atoms with E-state index in [-0.39, 0.29) is 12.0 Å². The van der Waals surface area contributed by atoms with Gasteiger partial charge in [0.1, 0.15) is 11.6 Å². The van der Waals surface area contributed by atoms with Crippen molar-refractivity contribution < 1.29 is 5.11 Å². The van der Waals surface area contributed by atoms with Gasteiger partial charge in [-0.3, -0.25) is 0 Å². The van der Waals surface area contributed by atoms with Gasteiger partial charge in [-0.25, -0.2) is 9.97 Å². The van der Waals surface area contributed by atoms with Crippen LogP contribution in [0.3, 0.4) is 0 Å². The Morgan fingerprint density at radius 2 is 1.94 bits per heavy atom. The Morgan fingerprint density at radius 1 is 1.22 bits per heavy atom. The van der Waals surface area contributed by atoms with Crippen LogP contribution in [0.1, 0.15) is 43.8 Å². The minimum Gasteiger partial charge on any atom is -0.391 e. The fraction of sp³-hybridized carbons (Fsp3) is 0.714. The number of nitrogens with zero attached hydrogens (tertiary/aromatic N) is 2. The van der Waals surface area contributed by atoms with Crippen molar-refractivity contribution in [3.8, 4) is 0 Å². The van der Waals surface area contributed by atoms with Gasteiger partial charge >= 0.3 is 0 Å². The highest BCUT2D eigenvalue weighted by Crippen LogP contribution is 2.25. The molecule has 0 saturated heterocycles. The first-order chi connectivity index (χ1) is 8.58. The van der Waals surface area contributed by atoms with Gasteiger partial charge in [-0.15, -0.1) is 0 Å². The summed E-state index contributed by atoms with van der Waals surface area (Å²) < 4.78 is 0. The average Bonchev–Trinajstić information content (AvgIpc) is 2.35. The number of aryl methyl sites for hydroxylation is 2. The number of aliphatic hydroxyl groups excluding tert-OH is 1. The average molecular weight is 249 g/mol. The Bertz CT molecular complexity index is 418. The van der Waals surface area contributed by atoms with Gasteiger partial charge in [0.2, 0.25) is 0 Å². The molecular weight excluding hydrogens is 226 g/mol.